The van der Waals surface area contributed by atoms with Crippen LogP contribution in [0.5, 0.6) is 0 Å². The van der Waals surface area contributed by atoms with Crippen molar-refractivity contribution in [2.45, 2.75) is 18.4 Å². The molecule has 1 heterocycles. The first kappa shape index (κ1) is 23.9. The molecule has 0 amide bonds. The maximum Gasteiger partial charge on any atom is 0.179 e. The summed E-state index contributed by atoms with van der Waals surface area (Å²) in [6.45, 7) is 7.36. The predicted molar refractivity (Wildman–Crippen MR) is 116 cm³/mol. The summed E-state index contributed by atoms with van der Waals surface area (Å²) in [7, 11) is -3.19. The smallest absolute Gasteiger partial charge is 0.179 e. The lowest BCUT2D eigenvalue weighted by atomic mass is 10.2. The average Bonchev–Trinajstić information content (AvgIpc) is 2.62. The summed E-state index contributed by atoms with van der Waals surface area (Å²) in [5.41, 5.74) is 2.41. The fourth-order valence-corrected chi connectivity index (χ4v) is 4.41. The predicted octanol–water partition coefficient (Wildman–Crippen LogP) is 3.43. The summed E-state index contributed by atoms with van der Waals surface area (Å²) in [5, 5.41) is 0. The highest BCUT2D eigenvalue weighted by atomic mass is 35.5. The van der Waals surface area contributed by atoms with Crippen LogP contribution in [0, 0.1) is 6.92 Å². The minimum atomic E-state index is -3.19. The Bertz CT molecular complexity index is 775. The molecule has 1 aliphatic heterocycles. The molecule has 0 bridgehead atoms. The number of halogens is 2. The number of piperazine rings is 1. The SMILES string of the molecule is Cc1ccc(S(=O)(=O)CCN2CCN(Cc3ccccc3)CC2)cc1.Cl.Cl. The number of benzene rings is 2. The molecule has 0 saturated carbocycles. The van der Waals surface area contributed by atoms with Gasteiger partial charge in [0.25, 0.3) is 0 Å². The molecular formula is C20H28Cl2N2O2S. The second-order valence-corrected chi connectivity index (χ2v) is 8.84. The fraction of sp³-hybridized carbons (Fsp3) is 0.400. The number of hydrogen-bond acceptors (Lipinski definition) is 4. The topological polar surface area (TPSA) is 40.6 Å². The largest absolute Gasteiger partial charge is 0.300 e. The molecule has 7 heteroatoms. The molecule has 1 aliphatic rings. The van der Waals surface area contributed by atoms with Crippen LogP contribution in [0.15, 0.2) is 59.5 Å². The third kappa shape index (κ3) is 7.09. The lowest BCUT2D eigenvalue weighted by Gasteiger charge is -2.34. The molecule has 2 aromatic carbocycles. The second kappa shape index (κ2) is 11.0. The molecule has 0 spiro atoms. The molecule has 0 aromatic heterocycles. The Hall–Kier alpha value is -1.11. The van der Waals surface area contributed by atoms with Gasteiger partial charge in [0.05, 0.1) is 10.6 Å². The maximum atomic E-state index is 12.5. The highest BCUT2D eigenvalue weighted by Crippen LogP contribution is 2.13. The zero-order valence-electron chi connectivity index (χ0n) is 15.6. The van der Waals surface area contributed by atoms with Crippen LogP contribution in [0.3, 0.4) is 0 Å². The lowest BCUT2D eigenvalue weighted by molar-refractivity contribution is 0.132. The van der Waals surface area contributed by atoms with Gasteiger partial charge in [-0.05, 0) is 24.6 Å². The summed E-state index contributed by atoms with van der Waals surface area (Å²) in [6, 6.07) is 17.6. The molecule has 0 aliphatic carbocycles. The van der Waals surface area contributed by atoms with Crippen molar-refractivity contribution >= 4 is 34.7 Å². The van der Waals surface area contributed by atoms with E-state index in [9.17, 15) is 8.42 Å². The van der Waals surface area contributed by atoms with Crippen molar-refractivity contribution in [1.29, 1.82) is 0 Å². The van der Waals surface area contributed by atoms with E-state index in [0.717, 1.165) is 38.3 Å². The number of rotatable bonds is 6. The van der Waals surface area contributed by atoms with Crippen molar-refractivity contribution in [2.75, 3.05) is 38.5 Å². The summed E-state index contributed by atoms with van der Waals surface area (Å²) < 4.78 is 24.9. The van der Waals surface area contributed by atoms with Gasteiger partial charge in [-0.1, -0.05) is 48.0 Å². The van der Waals surface area contributed by atoms with Gasteiger partial charge in [0.1, 0.15) is 0 Å². The Morgan fingerprint density at radius 1 is 0.815 bits per heavy atom. The van der Waals surface area contributed by atoms with Crippen LogP contribution in [0.1, 0.15) is 11.1 Å². The molecule has 0 N–H and O–H groups in total. The van der Waals surface area contributed by atoms with Crippen LogP contribution in [-0.4, -0.2) is 56.7 Å². The van der Waals surface area contributed by atoms with Crippen molar-refractivity contribution in [1.82, 2.24) is 9.80 Å². The summed E-state index contributed by atoms with van der Waals surface area (Å²) in [6.07, 6.45) is 0. The quantitative estimate of drug-likeness (QED) is 0.703. The van der Waals surface area contributed by atoms with Gasteiger partial charge in [-0.3, -0.25) is 9.80 Å². The van der Waals surface area contributed by atoms with Gasteiger partial charge >= 0.3 is 0 Å². The van der Waals surface area contributed by atoms with Crippen LogP contribution < -0.4 is 0 Å². The highest BCUT2D eigenvalue weighted by Gasteiger charge is 2.20. The molecule has 0 atom stereocenters. The third-order valence-corrected chi connectivity index (χ3v) is 6.48. The maximum absolute atomic E-state index is 12.5. The van der Waals surface area contributed by atoms with Crippen molar-refractivity contribution in [3.63, 3.8) is 0 Å². The Morgan fingerprint density at radius 2 is 1.37 bits per heavy atom. The molecule has 150 valence electrons. The van der Waals surface area contributed by atoms with E-state index in [1.165, 1.54) is 5.56 Å². The zero-order chi connectivity index (χ0) is 17.7. The van der Waals surface area contributed by atoms with E-state index in [2.05, 4.69) is 34.1 Å². The van der Waals surface area contributed by atoms with E-state index >= 15 is 0 Å². The summed E-state index contributed by atoms with van der Waals surface area (Å²) in [5.74, 6) is 0.189. The minimum Gasteiger partial charge on any atom is -0.300 e. The Labute approximate surface area is 175 Å². The molecule has 3 rings (SSSR count). The molecule has 27 heavy (non-hydrogen) atoms. The van der Waals surface area contributed by atoms with E-state index in [0.29, 0.717) is 11.4 Å². The average molecular weight is 431 g/mol. The Morgan fingerprint density at radius 3 is 1.96 bits per heavy atom. The summed E-state index contributed by atoms with van der Waals surface area (Å²) in [4.78, 5) is 5.12. The monoisotopic (exact) mass is 430 g/mol. The first-order valence-electron chi connectivity index (χ1n) is 8.81. The lowest BCUT2D eigenvalue weighted by Crippen LogP contribution is -2.47. The number of sulfone groups is 1. The van der Waals surface area contributed by atoms with Crippen molar-refractivity contribution < 1.29 is 8.42 Å². The molecule has 0 radical (unpaired) electrons. The van der Waals surface area contributed by atoms with Gasteiger partial charge in [0.15, 0.2) is 9.84 Å². The van der Waals surface area contributed by atoms with E-state index in [1.807, 2.05) is 25.1 Å². The van der Waals surface area contributed by atoms with Crippen molar-refractivity contribution in [3.05, 3.63) is 65.7 Å². The van der Waals surface area contributed by atoms with E-state index in [1.54, 1.807) is 12.1 Å². The van der Waals surface area contributed by atoms with Crippen LogP contribution in [0.25, 0.3) is 0 Å². The van der Waals surface area contributed by atoms with Crippen LogP contribution >= 0.6 is 24.8 Å². The zero-order valence-corrected chi connectivity index (χ0v) is 18.0. The fourth-order valence-electron chi connectivity index (χ4n) is 3.13. The normalized spacial score (nSPS) is 15.6. The van der Waals surface area contributed by atoms with E-state index < -0.39 is 9.84 Å². The van der Waals surface area contributed by atoms with Crippen LogP contribution in [0.4, 0.5) is 0 Å². The molecule has 4 nitrogen and oxygen atoms in total. The molecule has 1 fully saturated rings. The van der Waals surface area contributed by atoms with E-state index in [4.69, 9.17) is 0 Å². The Kier molecular flexibility index (Phi) is 9.77. The van der Waals surface area contributed by atoms with Crippen LogP contribution in [0.2, 0.25) is 0 Å². The number of aryl methyl sites for hydroxylation is 1. The number of nitrogens with zero attached hydrogens (tertiary/aromatic N) is 2. The van der Waals surface area contributed by atoms with Crippen LogP contribution in [-0.2, 0) is 16.4 Å². The van der Waals surface area contributed by atoms with Gasteiger partial charge in [0, 0.05) is 39.3 Å². The molecular weight excluding hydrogens is 403 g/mol. The van der Waals surface area contributed by atoms with Gasteiger partial charge in [-0.15, -0.1) is 24.8 Å². The number of hydrogen-bond donors (Lipinski definition) is 0. The Balaban J connectivity index is 0.00000182. The first-order valence-corrected chi connectivity index (χ1v) is 10.5. The molecule has 0 unspecified atom stereocenters. The first-order chi connectivity index (χ1) is 12.0. The van der Waals surface area contributed by atoms with Gasteiger partial charge < -0.3 is 0 Å². The third-order valence-electron chi connectivity index (χ3n) is 4.77. The van der Waals surface area contributed by atoms with Crippen molar-refractivity contribution in [3.8, 4) is 0 Å². The van der Waals surface area contributed by atoms with Gasteiger partial charge in [-0.25, -0.2) is 8.42 Å². The highest BCUT2D eigenvalue weighted by molar-refractivity contribution is 7.91. The standard InChI is InChI=1S/C20H26N2O2S.2ClH/c1-18-7-9-20(10-8-18)25(23,24)16-15-21-11-13-22(14-12-21)17-19-5-3-2-4-6-19;;/h2-10H,11-17H2,1H3;2*1H. The minimum absolute atomic E-state index is 0. The van der Waals surface area contributed by atoms with Gasteiger partial charge in [-0.2, -0.15) is 0 Å². The summed E-state index contributed by atoms with van der Waals surface area (Å²) >= 11 is 0. The molecule has 2 aromatic rings. The van der Waals surface area contributed by atoms with Gasteiger partial charge in [0.2, 0.25) is 0 Å². The van der Waals surface area contributed by atoms with E-state index in [-0.39, 0.29) is 30.6 Å². The molecule has 1 saturated heterocycles. The van der Waals surface area contributed by atoms with Crippen molar-refractivity contribution in [2.24, 2.45) is 0 Å². The second-order valence-electron chi connectivity index (χ2n) is 6.74.